The van der Waals surface area contributed by atoms with Crippen molar-refractivity contribution < 1.29 is 17.9 Å². The molecule has 0 aliphatic heterocycles. The zero-order chi connectivity index (χ0) is 24.0. The number of hydrogen-bond acceptors (Lipinski definition) is 5. The van der Waals surface area contributed by atoms with Gasteiger partial charge in [0.05, 0.1) is 6.54 Å². The maximum atomic E-state index is 13.1. The highest BCUT2D eigenvalue weighted by Crippen LogP contribution is 2.33. The van der Waals surface area contributed by atoms with Gasteiger partial charge in [-0.05, 0) is 48.6 Å². The molecule has 0 heterocycles. The second kappa shape index (κ2) is 10.5. The molecule has 3 aromatic rings. The van der Waals surface area contributed by atoms with Crippen LogP contribution in [-0.2, 0) is 22.9 Å². The van der Waals surface area contributed by atoms with E-state index in [2.05, 4.69) is 17.4 Å². The van der Waals surface area contributed by atoms with Gasteiger partial charge >= 0.3 is 0 Å². The van der Waals surface area contributed by atoms with E-state index in [0.29, 0.717) is 5.56 Å². The first kappa shape index (κ1) is 24.2. The van der Waals surface area contributed by atoms with Gasteiger partial charge in [-0.2, -0.15) is 0 Å². The largest absolute Gasteiger partial charge is 0.488 e. The van der Waals surface area contributed by atoms with E-state index in [0.717, 1.165) is 43.9 Å². The molecule has 0 atom stereocenters. The van der Waals surface area contributed by atoms with Gasteiger partial charge in [0.25, 0.3) is 0 Å². The predicted octanol–water partition coefficient (Wildman–Crippen LogP) is 5.00. The number of carbonyl (C=O) groups excluding carboxylic acids is 1. The Morgan fingerprint density at radius 2 is 1.53 bits per heavy atom. The molecule has 0 saturated heterocycles. The van der Waals surface area contributed by atoms with Crippen molar-refractivity contribution in [3.8, 4) is 5.75 Å². The van der Waals surface area contributed by atoms with Crippen molar-refractivity contribution in [1.82, 2.24) is 5.32 Å². The first-order valence-electron chi connectivity index (χ1n) is 11.7. The van der Waals surface area contributed by atoms with Crippen molar-refractivity contribution in [2.24, 2.45) is 0 Å². The zero-order valence-corrected chi connectivity index (χ0v) is 20.3. The molecule has 1 N–H and O–H groups in total. The summed E-state index contributed by atoms with van der Waals surface area (Å²) in [7, 11) is -3.57. The predicted molar refractivity (Wildman–Crippen MR) is 134 cm³/mol. The molecule has 1 aliphatic carbocycles. The smallest absolute Gasteiger partial charge is 0.179 e. The Morgan fingerprint density at radius 1 is 0.912 bits per heavy atom. The summed E-state index contributed by atoms with van der Waals surface area (Å²) in [6.07, 6.45) is 6.34. The van der Waals surface area contributed by atoms with E-state index in [-0.39, 0.29) is 35.1 Å². The summed E-state index contributed by atoms with van der Waals surface area (Å²) in [5.74, 6) is 0.131. The summed E-state index contributed by atoms with van der Waals surface area (Å²) in [6, 6.07) is 24.6. The molecule has 1 fully saturated rings. The fourth-order valence-corrected chi connectivity index (χ4v) is 5.48. The highest BCUT2D eigenvalue weighted by atomic mass is 32.2. The third-order valence-electron chi connectivity index (χ3n) is 6.47. The van der Waals surface area contributed by atoms with Crippen LogP contribution < -0.4 is 10.1 Å². The molecule has 4 rings (SSSR count). The number of benzene rings is 3. The van der Waals surface area contributed by atoms with E-state index in [1.54, 1.807) is 12.1 Å². The normalized spacial score (nSPS) is 15.2. The molecule has 1 aliphatic rings. The number of ketones is 1. The lowest BCUT2D eigenvalue weighted by Gasteiger charge is -2.30. The van der Waals surface area contributed by atoms with Gasteiger partial charge in [-0.15, -0.1) is 0 Å². The molecule has 6 heteroatoms. The number of rotatable bonds is 10. The topological polar surface area (TPSA) is 72.5 Å². The van der Waals surface area contributed by atoms with Crippen molar-refractivity contribution in [2.45, 2.75) is 49.1 Å². The molecule has 0 spiro atoms. The number of hydrogen-bond donors (Lipinski definition) is 1. The Bertz CT molecular complexity index is 1220. The maximum Gasteiger partial charge on any atom is 0.179 e. The van der Waals surface area contributed by atoms with Crippen molar-refractivity contribution in [2.75, 3.05) is 12.8 Å². The molecular weight excluding hydrogens is 446 g/mol. The molecule has 1 saturated carbocycles. The standard InChI is InChI=1S/C28H31NO4S/c1-34(31,32)27-18-24(14-15-26(27)33-21-23-12-6-3-7-13-23)25(30)20-29-28(16-8-9-17-28)19-22-10-4-2-5-11-22/h2-7,10-15,18,29H,8-9,16-17,19-21H2,1H3. The van der Waals surface area contributed by atoms with Crippen molar-refractivity contribution in [3.05, 3.63) is 95.6 Å². The minimum absolute atomic E-state index is 0.0362. The van der Waals surface area contributed by atoms with Gasteiger partial charge < -0.3 is 10.1 Å². The Morgan fingerprint density at radius 3 is 2.15 bits per heavy atom. The van der Waals surface area contributed by atoms with E-state index >= 15 is 0 Å². The van der Waals surface area contributed by atoms with Crippen molar-refractivity contribution in [3.63, 3.8) is 0 Å². The van der Waals surface area contributed by atoms with Crippen LogP contribution in [0, 0.1) is 0 Å². The first-order valence-corrected chi connectivity index (χ1v) is 13.6. The quantitative estimate of drug-likeness (QED) is 0.416. The number of Topliss-reactive ketones (excluding diaryl/α,β-unsaturated/α-hetero) is 1. The average Bonchev–Trinajstić information content (AvgIpc) is 3.30. The fourth-order valence-electron chi connectivity index (χ4n) is 4.65. The van der Waals surface area contributed by atoms with Crippen LogP contribution in [0.1, 0.15) is 47.2 Å². The third-order valence-corrected chi connectivity index (χ3v) is 7.59. The van der Waals surface area contributed by atoms with E-state index in [1.165, 1.54) is 11.6 Å². The number of ether oxygens (including phenoxy) is 1. The lowest BCUT2D eigenvalue weighted by Crippen LogP contribution is -2.47. The second-order valence-electron chi connectivity index (χ2n) is 9.13. The van der Waals surface area contributed by atoms with Gasteiger partial charge in [0.15, 0.2) is 15.6 Å². The Balaban J connectivity index is 1.48. The summed E-state index contributed by atoms with van der Waals surface area (Å²) in [4.78, 5) is 13.1. The third kappa shape index (κ3) is 6.13. The van der Waals surface area contributed by atoms with Gasteiger partial charge in [0.1, 0.15) is 17.3 Å². The molecule has 0 amide bonds. The summed E-state index contributed by atoms with van der Waals surface area (Å²) in [5, 5.41) is 3.53. The average molecular weight is 478 g/mol. The second-order valence-corrected chi connectivity index (χ2v) is 11.1. The number of carbonyl (C=O) groups is 1. The van der Waals surface area contributed by atoms with E-state index in [1.807, 2.05) is 48.5 Å². The monoisotopic (exact) mass is 477 g/mol. The van der Waals surface area contributed by atoms with Crippen LogP contribution in [0.4, 0.5) is 0 Å². The highest BCUT2D eigenvalue weighted by Gasteiger charge is 2.34. The summed E-state index contributed by atoms with van der Waals surface area (Å²) >= 11 is 0. The van der Waals surface area contributed by atoms with E-state index in [4.69, 9.17) is 4.74 Å². The number of sulfone groups is 1. The minimum Gasteiger partial charge on any atom is -0.488 e. The van der Waals surface area contributed by atoms with Crippen LogP contribution in [-0.4, -0.2) is 32.5 Å². The molecule has 178 valence electrons. The molecule has 0 radical (unpaired) electrons. The van der Waals surface area contributed by atoms with Crippen LogP contribution >= 0.6 is 0 Å². The minimum atomic E-state index is -3.57. The van der Waals surface area contributed by atoms with Crippen LogP contribution in [0.15, 0.2) is 83.8 Å². The molecule has 0 unspecified atom stereocenters. The van der Waals surface area contributed by atoms with Crippen LogP contribution in [0.2, 0.25) is 0 Å². The molecule has 0 aromatic heterocycles. The van der Waals surface area contributed by atoms with Crippen molar-refractivity contribution in [1.29, 1.82) is 0 Å². The van der Waals surface area contributed by atoms with Gasteiger partial charge in [-0.1, -0.05) is 73.5 Å². The SMILES string of the molecule is CS(=O)(=O)c1cc(C(=O)CNC2(Cc3ccccc3)CCCC2)ccc1OCc1ccccc1. The van der Waals surface area contributed by atoms with Gasteiger partial charge in [0.2, 0.25) is 0 Å². The van der Waals surface area contributed by atoms with Crippen molar-refractivity contribution >= 4 is 15.6 Å². The zero-order valence-electron chi connectivity index (χ0n) is 19.5. The van der Waals surface area contributed by atoms with E-state index in [9.17, 15) is 13.2 Å². The molecule has 3 aromatic carbocycles. The highest BCUT2D eigenvalue weighted by molar-refractivity contribution is 7.90. The summed E-state index contributed by atoms with van der Waals surface area (Å²) in [6.45, 7) is 0.417. The van der Waals surface area contributed by atoms with Crippen LogP contribution in [0.3, 0.4) is 0 Å². The lowest BCUT2D eigenvalue weighted by molar-refractivity contribution is 0.0976. The van der Waals surface area contributed by atoms with Crippen LogP contribution in [0.5, 0.6) is 5.75 Å². The molecule has 34 heavy (non-hydrogen) atoms. The lowest BCUT2D eigenvalue weighted by atomic mass is 9.88. The van der Waals surface area contributed by atoms with E-state index < -0.39 is 9.84 Å². The van der Waals surface area contributed by atoms with Gasteiger partial charge in [-0.3, -0.25) is 4.79 Å². The number of nitrogens with one attached hydrogen (secondary N) is 1. The van der Waals surface area contributed by atoms with Crippen LogP contribution in [0.25, 0.3) is 0 Å². The van der Waals surface area contributed by atoms with Gasteiger partial charge in [-0.25, -0.2) is 8.42 Å². The maximum absolute atomic E-state index is 13.1. The fraction of sp³-hybridized carbons (Fsp3) is 0.321. The summed E-state index contributed by atoms with van der Waals surface area (Å²) in [5.41, 5.74) is 2.46. The molecule has 0 bridgehead atoms. The summed E-state index contributed by atoms with van der Waals surface area (Å²) < 4.78 is 30.7. The molecular formula is C28H31NO4S. The van der Waals surface area contributed by atoms with Gasteiger partial charge in [0, 0.05) is 17.4 Å². The molecule has 5 nitrogen and oxygen atoms in total. The Hall–Kier alpha value is -2.96. The Kier molecular flexibility index (Phi) is 7.49. The Labute approximate surface area is 202 Å². The first-order chi connectivity index (χ1) is 16.3.